The van der Waals surface area contributed by atoms with Crippen molar-refractivity contribution in [1.82, 2.24) is 9.97 Å². The molecule has 0 saturated heterocycles. The average molecular weight is 331 g/mol. The molecule has 0 aliphatic carbocycles. The summed E-state index contributed by atoms with van der Waals surface area (Å²) in [6.07, 6.45) is 0.397. The highest BCUT2D eigenvalue weighted by molar-refractivity contribution is 7.98. The molecule has 0 radical (unpaired) electrons. The summed E-state index contributed by atoms with van der Waals surface area (Å²) in [5, 5.41) is 1.47. The van der Waals surface area contributed by atoms with Gasteiger partial charge in [0.25, 0.3) is 0 Å². The lowest BCUT2D eigenvalue weighted by atomic mass is 10.2. The van der Waals surface area contributed by atoms with Crippen molar-refractivity contribution < 1.29 is 9.53 Å². The molecule has 0 saturated carbocycles. The second kappa shape index (κ2) is 6.74. The van der Waals surface area contributed by atoms with Crippen LogP contribution >= 0.6 is 34.7 Å². The van der Waals surface area contributed by atoms with E-state index in [4.69, 9.17) is 11.6 Å². The second-order valence-electron chi connectivity index (χ2n) is 4.27. The lowest BCUT2D eigenvalue weighted by molar-refractivity contribution is -0.140. The predicted octanol–water partition coefficient (Wildman–Crippen LogP) is 3.76. The van der Waals surface area contributed by atoms with Crippen LogP contribution in [0.4, 0.5) is 0 Å². The van der Waals surface area contributed by atoms with E-state index in [-0.39, 0.29) is 5.97 Å². The molecule has 0 atom stereocenters. The Kier molecular flexibility index (Phi) is 5.23. The molecule has 2 aromatic rings. The van der Waals surface area contributed by atoms with Gasteiger partial charge in [-0.15, -0.1) is 11.3 Å². The number of carbonyl (C=O) groups excluding carboxylic acids is 1. The summed E-state index contributed by atoms with van der Waals surface area (Å²) in [6, 6.07) is 0. The van der Waals surface area contributed by atoms with Gasteiger partial charge < -0.3 is 4.74 Å². The molecule has 0 aromatic carbocycles. The molecule has 0 spiro atoms. The summed E-state index contributed by atoms with van der Waals surface area (Å²) in [5.74, 6) is 1.84. The van der Waals surface area contributed by atoms with Crippen molar-refractivity contribution in [1.29, 1.82) is 0 Å². The molecule has 0 aliphatic rings. The van der Waals surface area contributed by atoms with Gasteiger partial charge >= 0.3 is 5.97 Å². The highest BCUT2D eigenvalue weighted by Crippen LogP contribution is 2.33. The minimum absolute atomic E-state index is 0.198. The van der Waals surface area contributed by atoms with Crippen LogP contribution in [0.15, 0.2) is 0 Å². The SMILES string of the molecule is COC(=O)CCSCc1nc(Cl)c2c(C)c(C)sc2n1. The Morgan fingerprint density at radius 3 is 2.85 bits per heavy atom. The van der Waals surface area contributed by atoms with E-state index in [1.165, 1.54) is 12.0 Å². The van der Waals surface area contributed by atoms with Crippen molar-refractivity contribution in [2.24, 2.45) is 0 Å². The number of thioether (sulfide) groups is 1. The number of aryl methyl sites for hydroxylation is 2. The predicted molar refractivity (Wildman–Crippen MR) is 84.7 cm³/mol. The van der Waals surface area contributed by atoms with E-state index >= 15 is 0 Å². The van der Waals surface area contributed by atoms with E-state index in [2.05, 4.69) is 21.6 Å². The first-order valence-electron chi connectivity index (χ1n) is 6.09. The van der Waals surface area contributed by atoms with Gasteiger partial charge in [0.2, 0.25) is 0 Å². The standard InChI is InChI=1S/C13H15ClN2O2S2/c1-7-8(2)20-13-11(7)12(14)15-9(16-13)6-19-5-4-10(17)18-3/h4-6H2,1-3H3. The molecule has 20 heavy (non-hydrogen) atoms. The number of aromatic nitrogens is 2. The molecule has 4 nitrogen and oxygen atoms in total. The number of hydrogen-bond donors (Lipinski definition) is 0. The van der Waals surface area contributed by atoms with E-state index < -0.39 is 0 Å². The topological polar surface area (TPSA) is 52.1 Å². The van der Waals surface area contributed by atoms with E-state index in [0.29, 0.717) is 28.9 Å². The first-order chi connectivity index (χ1) is 9.52. The largest absolute Gasteiger partial charge is 0.469 e. The molecule has 7 heteroatoms. The number of nitrogens with zero attached hydrogens (tertiary/aromatic N) is 2. The number of rotatable bonds is 5. The van der Waals surface area contributed by atoms with Gasteiger partial charge in [0.1, 0.15) is 15.8 Å². The quantitative estimate of drug-likeness (QED) is 0.474. The lowest BCUT2D eigenvalue weighted by Gasteiger charge is -2.02. The smallest absolute Gasteiger partial charge is 0.306 e. The minimum atomic E-state index is -0.198. The van der Waals surface area contributed by atoms with Crippen molar-refractivity contribution in [3.05, 3.63) is 21.4 Å². The van der Waals surface area contributed by atoms with E-state index in [1.807, 2.05) is 6.92 Å². The highest BCUT2D eigenvalue weighted by Gasteiger charge is 2.13. The zero-order chi connectivity index (χ0) is 14.7. The van der Waals surface area contributed by atoms with Crippen LogP contribution in [0.25, 0.3) is 10.2 Å². The maximum absolute atomic E-state index is 11.0. The normalized spacial score (nSPS) is 11.0. The molecule has 0 aliphatic heterocycles. The van der Waals surface area contributed by atoms with Crippen molar-refractivity contribution >= 4 is 50.9 Å². The van der Waals surface area contributed by atoms with Crippen LogP contribution in [0.2, 0.25) is 5.15 Å². The van der Waals surface area contributed by atoms with Crippen LogP contribution in [0.1, 0.15) is 22.7 Å². The van der Waals surface area contributed by atoms with E-state index in [9.17, 15) is 4.79 Å². The molecular formula is C13H15ClN2O2S2. The number of hydrogen-bond acceptors (Lipinski definition) is 6. The number of carbonyl (C=O) groups is 1. The maximum atomic E-state index is 11.0. The molecule has 2 heterocycles. The Morgan fingerprint density at radius 1 is 1.40 bits per heavy atom. The number of halogens is 1. The number of methoxy groups -OCH3 is 1. The lowest BCUT2D eigenvalue weighted by Crippen LogP contribution is -2.01. The second-order valence-corrected chi connectivity index (χ2v) is 6.94. The zero-order valence-corrected chi connectivity index (χ0v) is 13.9. The van der Waals surface area contributed by atoms with Crippen molar-refractivity contribution in [3.8, 4) is 0 Å². The summed E-state index contributed by atoms with van der Waals surface area (Å²) < 4.78 is 4.59. The molecule has 0 amide bonds. The molecule has 0 bridgehead atoms. The summed E-state index contributed by atoms with van der Waals surface area (Å²) in [7, 11) is 1.39. The van der Waals surface area contributed by atoms with Gasteiger partial charge in [0.15, 0.2) is 0 Å². The fourth-order valence-corrected chi connectivity index (χ4v) is 3.93. The van der Waals surface area contributed by atoms with Crippen LogP contribution in [0.3, 0.4) is 0 Å². The molecular weight excluding hydrogens is 316 g/mol. The van der Waals surface area contributed by atoms with Crippen LogP contribution < -0.4 is 0 Å². The molecule has 2 rings (SSSR count). The van der Waals surface area contributed by atoms with Gasteiger partial charge in [-0.25, -0.2) is 9.97 Å². The number of thiophene rings is 1. The summed E-state index contributed by atoms with van der Waals surface area (Å²) in [4.78, 5) is 22.0. The van der Waals surface area contributed by atoms with Crippen LogP contribution in [0, 0.1) is 13.8 Å². The Bertz CT molecular complexity index is 643. The Balaban J connectivity index is 2.06. The third-order valence-electron chi connectivity index (χ3n) is 2.94. The van der Waals surface area contributed by atoms with E-state index in [0.717, 1.165) is 15.8 Å². The fourth-order valence-electron chi connectivity index (χ4n) is 1.73. The van der Waals surface area contributed by atoms with Gasteiger partial charge in [-0.2, -0.15) is 11.8 Å². The van der Waals surface area contributed by atoms with Crippen LogP contribution in [-0.2, 0) is 15.3 Å². The summed E-state index contributed by atoms with van der Waals surface area (Å²) in [5.41, 5.74) is 1.15. The summed E-state index contributed by atoms with van der Waals surface area (Å²) in [6.45, 7) is 4.09. The fraction of sp³-hybridized carbons (Fsp3) is 0.462. The van der Waals surface area contributed by atoms with Gasteiger partial charge in [-0.05, 0) is 19.4 Å². The monoisotopic (exact) mass is 330 g/mol. The zero-order valence-electron chi connectivity index (χ0n) is 11.5. The van der Waals surface area contributed by atoms with Gasteiger partial charge in [0.05, 0.1) is 24.7 Å². The Hall–Kier alpha value is -0.850. The number of esters is 1. The van der Waals surface area contributed by atoms with E-state index in [1.54, 1.807) is 23.1 Å². The third-order valence-corrected chi connectivity index (χ3v) is 5.27. The molecule has 0 N–H and O–H groups in total. The third kappa shape index (κ3) is 3.42. The van der Waals surface area contributed by atoms with Gasteiger partial charge in [-0.1, -0.05) is 11.6 Å². The van der Waals surface area contributed by atoms with Crippen LogP contribution in [0.5, 0.6) is 0 Å². The van der Waals surface area contributed by atoms with Crippen LogP contribution in [-0.4, -0.2) is 28.8 Å². The first kappa shape index (κ1) is 15.5. The van der Waals surface area contributed by atoms with Crippen molar-refractivity contribution in [3.63, 3.8) is 0 Å². The Morgan fingerprint density at radius 2 is 2.15 bits per heavy atom. The molecule has 2 aromatic heterocycles. The molecule has 0 unspecified atom stereocenters. The first-order valence-corrected chi connectivity index (χ1v) is 8.44. The van der Waals surface area contributed by atoms with Gasteiger partial charge in [0, 0.05) is 10.6 Å². The number of ether oxygens (including phenoxy) is 1. The highest BCUT2D eigenvalue weighted by atomic mass is 35.5. The summed E-state index contributed by atoms with van der Waals surface area (Å²) >= 11 is 9.47. The van der Waals surface area contributed by atoms with Crippen molar-refractivity contribution in [2.45, 2.75) is 26.0 Å². The average Bonchev–Trinajstić information content (AvgIpc) is 2.70. The molecule has 108 valence electrons. The maximum Gasteiger partial charge on any atom is 0.306 e. The Labute approximate surface area is 130 Å². The molecule has 0 fully saturated rings. The van der Waals surface area contributed by atoms with Crippen molar-refractivity contribution in [2.75, 3.05) is 12.9 Å². The van der Waals surface area contributed by atoms with Gasteiger partial charge in [-0.3, -0.25) is 4.79 Å². The number of fused-ring (bicyclic) bond motifs is 1. The minimum Gasteiger partial charge on any atom is -0.469 e.